The standard InChI is InChI=1S/C12H9ClN2O/c1-8-4-5-14-7-10(8)12(16)9-2-3-11(13)15-6-9/h2-7H,1H3. The molecule has 3 nitrogen and oxygen atoms in total. The lowest BCUT2D eigenvalue weighted by molar-refractivity contribution is 0.103. The van der Waals surface area contributed by atoms with Crippen molar-refractivity contribution in [2.45, 2.75) is 6.92 Å². The van der Waals surface area contributed by atoms with E-state index in [9.17, 15) is 4.79 Å². The molecule has 80 valence electrons. The van der Waals surface area contributed by atoms with Crippen molar-refractivity contribution in [3.05, 3.63) is 58.6 Å². The van der Waals surface area contributed by atoms with Gasteiger partial charge in [-0.05, 0) is 30.7 Å². The normalized spacial score (nSPS) is 10.1. The highest BCUT2D eigenvalue weighted by atomic mass is 35.5. The minimum absolute atomic E-state index is 0.0882. The van der Waals surface area contributed by atoms with E-state index in [2.05, 4.69) is 9.97 Å². The van der Waals surface area contributed by atoms with Crippen LogP contribution in [0.2, 0.25) is 5.15 Å². The van der Waals surface area contributed by atoms with Crippen molar-refractivity contribution in [3.8, 4) is 0 Å². The van der Waals surface area contributed by atoms with E-state index in [0.29, 0.717) is 16.3 Å². The fourth-order valence-corrected chi connectivity index (χ4v) is 1.48. The van der Waals surface area contributed by atoms with Crippen LogP contribution in [-0.4, -0.2) is 15.8 Å². The van der Waals surface area contributed by atoms with Crippen LogP contribution in [0.25, 0.3) is 0 Å². The maximum absolute atomic E-state index is 12.1. The maximum atomic E-state index is 12.1. The Hall–Kier alpha value is -1.74. The molecular weight excluding hydrogens is 224 g/mol. The monoisotopic (exact) mass is 232 g/mol. The third-order valence-electron chi connectivity index (χ3n) is 2.27. The topological polar surface area (TPSA) is 42.9 Å². The van der Waals surface area contributed by atoms with Gasteiger partial charge in [-0.2, -0.15) is 0 Å². The van der Waals surface area contributed by atoms with Gasteiger partial charge in [0, 0.05) is 29.7 Å². The first-order valence-electron chi connectivity index (χ1n) is 4.75. The summed E-state index contributed by atoms with van der Waals surface area (Å²) in [6, 6.07) is 5.06. The van der Waals surface area contributed by atoms with Crippen LogP contribution in [0, 0.1) is 6.92 Å². The number of aromatic nitrogens is 2. The molecule has 16 heavy (non-hydrogen) atoms. The number of hydrogen-bond donors (Lipinski definition) is 0. The number of aryl methyl sites for hydroxylation is 1. The van der Waals surface area contributed by atoms with Crippen molar-refractivity contribution in [2.75, 3.05) is 0 Å². The number of pyridine rings is 2. The van der Waals surface area contributed by atoms with Gasteiger partial charge in [0.2, 0.25) is 0 Å². The lowest BCUT2D eigenvalue weighted by Gasteiger charge is -2.03. The minimum Gasteiger partial charge on any atom is -0.288 e. The molecule has 2 heterocycles. The molecule has 0 amide bonds. The Morgan fingerprint density at radius 1 is 1.25 bits per heavy atom. The van der Waals surface area contributed by atoms with Crippen LogP contribution in [0.3, 0.4) is 0 Å². The van der Waals surface area contributed by atoms with Crippen LogP contribution in [0.5, 0.6) is 0 Å². The Morgan fingerprint density at radius 2 is 2.06 bits per heavy atom. The predicted molar refractivity (Wildman–Crippen MR) is 61.7 cm³/mol. The van der Waals surface area contributed by atoms with Crippen LogP contribution in [0.1, 0.15) is 21.5 Å². The van der Waals surface area contributed by atoms with E-state index in [4.69, 9.17) is 11.6 Å². The molecule has 4 heteroatoms. The Bertz CT molecular complexity index is 523. The molecule has 2 aromatic heterocycles. The number of nitrogens with zero attached hydrogens (tertiary/aromatic N) is 2. The van der Waals surface area contributed by atoms with Crippen LogP contribution >= 0.6 is 11.6 Å². The van der Waals surface area contributed by atoms with Crippen molar-refractivity contribution in [2.24, 2.45) is 0 Å². The lowest BCUT2D eigenvalue weighted by Crippen LogP contribution is -2.04. The summed E-state index contributed by atoms with van der Waals surface area (Å²) >= 11 is 5.66. The summed E-state index contributed by atoms with van der Waals surface area (Å²) in [7, 11) is 0. The van der Waals surface area contributed by atoms with E-state index in [1.54, 1.807) is 30.6 Å². The fraction of sp³-hybridized carbons (Fsp3) is 0.0833. The second-order valence-electron chi connectivity index (χ2n) is 3.39. The average molecular weight is 233 g/mol. The smallest absolute Gasteiger partial charge is 0.196 e. The zero-order valence-electron chi connectivity index (χ0n) is 8.64. The Kier molecular flexibility index (Phi) is 2.97. The quantitative estimate of drug-likeness (QED) is 0.591. The minimum atomic E-state index is -0.0882. The van der Waals surface area contributed by atoms with Crippen LogP contribution in [0.15, 0.2) is 36.8 Å². The number of carbonyl (C=O) groups is 1. The van der Waals surface area contributed by atoms with Crippen molar-refractivity contribution in [1.29, 1.82) is 0 Å². The molecule has 0 N–H and O–H groups in total. The van der Waals surface area contributed by atoms with E-state index in [1.807, 2.05) is 6.92 Å². The molecule has 0 aliphatic heterocycles. The molecule has 0 atom stereocenters. The van der Waals surface area contributed by atoms with Crippen LogP contribution in [-0.2, 0) is 0 Å². The third-order valence-corrected chi connectivity index (χ3v) is 2.50. The zero-order chi connectivity index (χ0) is 11.5. The van der Waals surface area contributed by atoms with Gasteiger partial charge in [-0.3, -0.25) is 9.78 Å². The highest BCUT2D eigenvalue weighted by Crippen LogP contribution is 2.13. The number of rotatable bonds is 2. The highest BCUT2D eigenvalue weighted by molar-refractivity contribution is 6.29. The molecular formula is C12H9ClN2O. The van der Waals surface area contributed by atoms with Gasteiger partial charge < -0.3 is 0 Å². The van der Waals surface area contributed by atoms with Crippen molar-refractivity contribution >= 4 is 17.4 Å². The molecule has 2 aromatic rings. The van der Waals surface area contributed by atoms with Gasteiger partial charge in [-0.25, -0.2) is 4.98 Å². The third kappa shape index (κ3) is 2.09. The molecule has 0 aliphatic rings. The molecule has 0 aliphatic carbocycles. The van der Waals surface area contributed by atoms with E-state index >= 15 is 0 Å². The lowest BCUT2D eigenvalue weighted by atomic mass is 10.0. The second-order valence-corrected chi connectivity index (χ2v) is 3.78. The first-order valence-corrected chi connectivity index (χ1v) is 5.13. The van der Waals surface area contributed by atoms with Gasteiger partial charge in [0.15, 0.2) is 5.78 Å². The molecule has 0 saturated heterocycles. The number of carbonyl (C=O) groups excluding carboxylic acids is 1. The summed E-state index contributed by atoms with van der Waals surface area (Å²) in [5, 5.41) is 0.374. The SMILES string of the molecule is Cc1ccncc1C(=O)c1ccc(Cl)nc1. The Labute approximate surface area is 98.1 Å². The van der Waals surface area contributed by atoms with Gasteiger partial charge in [-0.15, -0.1) is 0 Å². The van der Waals surface area contributed by atoms with E-state index in [-0.39, 0.29) is 5.78 Å². The summed E-state index contributed by atoms with van der Waals surface area (Å²) < 4.78 is 0. The molecule has 0 spiro atoms. The van der Waals surface area contributed by atoms with Gasteiger partial charge in [0.1, 0.15) is 5.15 Å². The summed E-state index contributed by atoms with van der Waals surface area (Å²) in [6.45, 7) is 1.87. The average Bonchev–Trinajstić information content (AvgIpc) is 2.30. The molecule has 0 bridgehead atoms. The fourth-order valence-electron chi connectivity index (χ4n) is 1.37. The van der Waals surface area contributed by atoms with Gasteiger partial charge >= 0.3 is 0 Å². The van der Waals surface area contributed by atoms with E-state index in [1.165, 1.54) is 6.20 Å². The maximum Gasteiger partial charge on any atom is 0.196 e. The summed E-state index contributed by atoms with van der Waals surface area (Å²) in [5.74, 6) is -0.0882. The van der Waals surface area contributed by atoms with Crippen molar-refractivity contribution in [1.82, 2.24) is 9.97 Å². The summed E-state index contributed by atoms with van der Waals surface area (Å²) in [6.07, 6.45) is 4.69. The number of halogens is 1. The first-order chi connectivity index (χ1) is 7.68. The van der Waals surface area contributed by atoms with E-state index < -0.39 is 0 Å². The molecule has 0 aromatic carbocycles. The molecule has 2 rings (SSSR count). The molecule has 0 radical (unpaired) electrons. The number of ketones is 1. The Morgan fingerprint density at radius 3 is 2.69 bits per heavy atom. The van der Waals surface area contributed by atoms with E-state index in [0.717, 1.165) is 5.56 Å². The molecule has 0 unspecified atom stereocenters. The summed E-state index contributed by atoms with van der Waals surface area (Å²) in [4.78, 5) is 19.9. The molecule has 0 fully saturated rings. The van der Waals surface area contributed by atoms with Crippen LogP contribution < -0.4 is 0 Å². The van der Waals surface area contributed by atoms with Gasteiger partial charge in [0.05, 0.1) is 0 Å². The summed E-state index contributed by atoms with van der Waals surface area (Å²) in [5.41, 5.74) is 2.00. The van der Waals surface area contributed by atoms with Crippen LogP contribution in [0.4, 0.5) is 0 Å². The highest BCUT2D eigenvalue weighted by Gasteiger charge is 2.11. The largest absolute Gasteiger partial charge is 0.288 e. The first kappa shape index (κ1) is 10.8. The van der Waals surface area contributed by atoms with Gasteiger partial charge in [-0.1, -0.05) is 11.6 Å². The number of hydrogen-bond acceptors (Lipinski definition) is 3. The zero-order valence-corrected chi connectivity index (χ0v) is 9.40. The second kappa shape index (κ2) is 4.41. The Balaban J connectivity index is 2.40. The predicted octanol–water partition coefficient (Wildman–Crippen LogP) is 2.67. The van der Waals surface area contributed by atoms with Gasteiger partial charge in [0.25, 0.3) is 0 Å². The molecule has 0 saturated carbocycles. The van der Waals surface area contributed by atoms with Crippen molar-refractivity contribution in [3.63, 3.8) is 0 Å². The van der Waals surface area contributed by atoms with Crippen molar-refractivity contribution < 1.29 is 4.79 Å².